The third-order valence-corrected chi connectivity index (χ3v) is 4.46. The number of nitro groups is 1. The van der Waals surface area contributed by atoms with Crippen molar-refractivity contribution < 1.29 is 9.72 Å². The van der Waals surface area contributed by atoms with Crippen molar-refractivity contribution in [3.63, 3.8) is 0 Å². The number of aliphatic imine (C=N–C) groups is 1. The van der Waals surface area contributed by atoms with Gasteiger partial charge in [0, 0.05) is 24.0 Å². The summed E-state index contributed by atoms with van der Waals surface area (Å²) in [6, 6.07) is 14.4. The van der Waals surface area contributed by atoms with E-state index in [9.17, 15) is 14.9 Å². The first-order valence-electron chi connectivity index (χ1n) is 7.77. The van der Waals surface area contributed by atoms with E-state index in [1.54, 1.807) is 18.3 Å². The van der Waals surface area contributed by atoms with E-state index in [1.807, 2.05) is 30.3 Å². The standard InChI is InChI=1S/C18H14N4O3/c23-10-20-15-9-19-18-17(16(15)11-4-2-1-3-5-11)13-8-12(22(24)25)6-7-14(13)21-18/h1-10,17-18,21H,(H,20,23). The lowest BCUT2D eigenvalue weighted by Crippen LogP contribution is -2.28. The molecule has 0 spiro atoms. The van der Waals surface area contributed by atoms with Gasteiger partial charge < -0.3 is 10.6 Å². The van der Waals surface area contributed by atoms with E-state index >= 15 is 0 Å². The maximum absolute atomic E-state index is 11.2. The molecule has 4 rings (SSSR count). The molecule has 7 heteroatoms. The molecule has 2 aliphatic heterocycles. The second-order valence-electron chi connectivity index (χ2n) is 5.83. The van der Waals surface area contributed by atoms with Gasteiger partial charge in [0.05, 0.1) is 16.5 Å². The fourth-order valence-corrected chi connectivity index (χ4v) is 3.43. The first kappa shape index (κ1) is 15.1. The molecule has 7 nitrogen and oxygen atoms in total. The molecule has 0 radical (unpaired) electrons. The molecular formula is C18H14N4O3. The molecule has 2 heterocycles. The number of benzene rings is 2. The van der Waals surface area contributed by atoms with E-state index in [0.717, 1.165) is 22.4 Å². The summed E-state index contributed by atoms with van der Waals surface area (Å²) in [5, 5.41) is 17.2. The Labute approximate surface area is 143 Å². The molecule has 2 aromatic carbocycles. The number of dihydropyridines is 1. The highest BCUT2D eigenvalue weighted by atomic mass is 16.6. The minimum Gasteiger partial charge on any atom is -0.363 e. The van der Waals surface area contributed by atoms with E-state index in [4.69, 9.17) is 0 Å². The number of carbonyl (C=O) groups excluding carboxylic acids is 1. The topological polar surface area (TPSA) is 96.6 Å². The molecule has 2 aliphatic rings. The number of anilines is 1. The van der Waals surface area contributed by atoms with Crippen LogP contribution < -0.4 is 10.6 Å². The first-order chi connectivity index (χ1) is 12.2. The minimum atomic E-state index is -0.407. The number of fused-ring (bicyclic) bond motifs is 3. The van der Waals surface area contributed by atoms with E-state index < -0.39 is 4.92 Å². The molecule has 2 aromatic rings. The predicted octanol–water partition coefficient (Wildman–Crippen LogP) is 2.67. The normalized spacial score (nSPS) is 20.5. The number of nitro benzene ring substituents is 1. The zero-order valence-electron chi connectivity index (χ0n) is 13.0. The molecule has 124 valence electrons. The molecular weight excluding hydrogens is 320 g/mol. The summed E-state index contributed by atoms with van der Waals surface area (Å²) in [5.41, 5.74) is 4.09. The van der Waals surface area contributed by atoms with Crippen LogP contribution in [0.2, 0.25) is 0 Å². The number of nitrogens with zero attached hydrogens (tertiary/aromatic N) is 2. The zero-order valence-corrected chi connectivity index (χ0v) is 13.0. The highest BCUT2D eigenvalue weighted by Gasteiger charge is 2.39. The van der Waals surface area contributed by atoms with Gasteiger partial charge in [-0.3, -0.25) is 19.9 Å². The third-order valence-electron chi connectivity index (χ3n) is 4.46. The number of hydrogen-bond donors (Lipinski definition) is 2. The van der Waals surface area contributed by atoms with Gasteiger partial charge in [0.2, 0.25) is 6.41 Å². The van der Waals surface area contributed by atoms with Crippen LogP contribution in [0.15, 0.2) is 59.2 Å². The fourth-order valence-electron chi connectivity index (χ4n) is 3.43. The Morgan fingerprint density at radius 3 is 2.72 bits per heavy atom. The first-order valence-corrected chi connectivity index (χ1v) is 7.77. The zero-order chi connectivity index (χ0) is 17.4. The van der Waals surface area contributed by atoms with Crippen LogP contribution >= 0.6 is 0 Å². The Balaban J connectivity index is 1.91. The maximum atomic E-state index is 11.2. The lowest BCUT2D eigenvalue weighted by molar-refractivity contribution is -0.384. The third kappa shape index (κ3) is 2.46. The highest BCUT2D eigenvalue weighted by molar-refractivity contribution is 5.98. The average Bonchev–Trinajstić information content (AvgIpc) is 3.00. The van der Waals surface area contributed by atoms with E-state index in [2.05, 4.69) is 15.6 Å². The largest absolute Gasteiger partial charge is 0.363 e. The Kier molecular flexibility index (Phi) is 3.53. The molecule has 0 aliphatic carbocycles. The monoisotopic (exact) mass is 334 g/mol. The van der Waals surface area contributed by atoms with Gasteiger partial charge in [-0.1, -0.05) is 30.3 Å². The van der Waals surface area contributed by atoms with Crippen molar-refractivity contribution in [1.82, 2.24) is 5.32 Å². The maximum Gasteiger partial charge on any atom is 0.269 e. The van der Waals surface area contributed by atoms with Gasteiger partial charge in [-0.15, -0.1) is 0 Å². The van der Waals surface area contributed by atoms with Crippen molar-refractivity contribution in [2.24, 2.45) is 4.99 Å². The summed E-state index contributed by atoms with van der Waals surface area (Å²) < 4.78 is 0. The lowest BCUT2D eigenvalue weighted by Gasteiger charge is -2.26. The van der Waals surface area contributed by atoms with Gasteiger partial charge in [-0.05, 0) is 22.8 Å². The molecule has 2 N–H and O–H groups in total. The number of rotatable bonds is 4. The predicted molar refractivity (Wildman–Crippen MR) is 94.3 cm³/mol. The van der Waals surface area contributed by atoms with Crippen LogP contribution in [0.4, 0.5) is 11.4 Å². The van der Waals surface area contributed by atoms with Gasteiger partial charge in [0.15, 0.2) is 0 Å². The summed E-state index contributed by atoms with van der Waals surface area (Å²) >= 11 is 0. The van der Waals surface area contributed by atoms with Crippen LogP contribution in [-0.4, -0.2) is 23.7 Å². The molecule has 1 amide bonds. The second kappa shape index (κ2) is 5.86. The summed E-state index contributed by atoms with van der Waals surface area (Å²) in [7, 11) is 0. The molecule has 0 aromatic heterocycles. The number of non-ortho nitro benzene ring substituents is 1. The van der Waals surface area contributed by atoms with Gasteiger partial charge >= 0.3 is 0 Å². The Morgan fingerprint density at radius 1 is 1.20 bits per heavy atom. The van der Waals surface area contributed by atoms with Crippen LogP contribution in [-0.2, 0) is 4.79 Å². The van der Waals surface area contributed by atoms with Crippen molar-refractivity contribution in [3.8, 4) is 0 Å². The van der Waals surface area contributed by atoms with Crippen molar-refractivity contribution >= 4 is 29.6 Å². The number of hydrogen-bond acceptors (Lipinski definition) is 5. The van der Waals surface area contributed by atoms with E-state index in [0.29, 0.717) is 12.1 Å². The molecule has 2 unspecified atom stereocenters. The number of carbonyl (C=O) groups is 1. The smallest absolute Gasteiger partial charge is 0.269 e. The van der Waals surface area contributed by atoms with Gasteiger partial charge in [-0.2, -0.15) is 0 Å². The van der Waals surface area contributed by atoms with Crippen molar-refractivity contribution in [3.05, 3.63) is 75.5 Å². The van der Waals surface area contributed by atoms with Crippen molar-refractivity contribution in [2.75, 3.05) is 5.32 Å². The van der Waals surface area contributed by atoms with Gasteiger partial charge in [-0.25, -0.2) is 0 Å². The van der Waals surface area contributed by atoms with Crippen molar-refractivity contribution in [1.29, 1.82) is 0 Å². The summed E-state index contributed by atoms with van der Waals surface area (Å²) in [6.07, 6.45) is 1.98. The Bertz CT molecular complexity index is 921. The number of nitrogens with one attached hydrogen (secondary N) is 2. The van der Waals surface area contributed by atoms with E-state index in [-0.39, 0.29) is 17.8 Å². The lowest BCUT2D eigenvalue weighted by atomic mass is 9.83. The van der Waals surface area contributed by atoms with Crippen LogP contribution in [0.1, 0.15) is 17.0 Å². The van der Waals surface area contributed by atoms with E-state index in [1.165, 1.54) is 6.07 Å². The van der Waals surface area contributed by atoms with Gasteiger partial charge in [0.25, 0.3) is 5.69 Å². The molecule has 2 atom stereocenters. The van der Waals surface area contributed by atoms with Crippen LogP contribution in [0.3, 0.4) is 0 Å². The average molecular weight is 334 g/mol. The second-order valence-corrected chi connectivity index (χ2v) is 5.83. The molecule has 0 fully saturated rings. The molecule has 0 saturated heterocycles. The summed E-state index contributed by atoms with van der Waals surface area (Å²) in [4.78, 5) is 26.2. The molecule has 25 heavy (non-hydrogen) atoms. The number of amides is 1. The quantitative estimate of drug-likeness (QED) is 0.510. The minimum absolute atomic E-state index is 0.0352. The van der Waals surface area contributed by atoms with Gasteiger partial charge in [0.1, 0.15) is 6.17 Å². The molecule has 0 saturated carbocycles. The van der Waals surface area contributed by atoms with Crippen LogP contribution in [0.5, 0.6) is 0 Å². The fraction of sp³-hybridized carbons (Fsp3) is 0.111. The molecule has 0 bridgehead atoms. The van der Waals surface area contributed by atoms with Crippen LogP contribution in [0, 0.1) is 10.1 Å². The summed E-state index contributed by atoms with van der Waals surface area (Å²) in [6.45, 7) is 0. The SMILES string of the molecule is O=CNC1=C(c2ccccc2)C2c3cc([N+](=O)[O-])ccc3NC2N=C1. The van der Waals surface area contributed by atoms with Crippen molar-refractivity contribution in [2.45, 2.75) is 12.1 Å². The highest BCUT2D eigenvalue weighted by Crippen LogP contribution is 2.47. The Morgan fingerprint density at radius 2 is 2.00 bits per heavy atom. The number of allylic oxidation sites excluding steroid dienone is 1. The van der Waals surface area contributed by atoms with Crippen LogP contribution in [0.25, 0.3) is 5.57 Å². The summed E-state index contributed by atoms with van der Waals surface area (Å²) in [5.74, 6) is -0.218. The Hall–Kier alpha value is -3.48.